The van der Waals surface area contributed by atoms with Crippen LogP contribution in [0.1, 0.15) is 11.4 Å². The molecule has 0 fully saturated rings. The van der Waals surface area contributed by atoms with Crippen molar-refractivity contribution >= 4 is 5.65 Å². The number of para-hydroxylation sites is 1. The van der Waals surface area contributed by atoms with Crippen molar-refractivity contribution in [1.29, 1.82) is 0 Å². The Morgan fingerprint density at radius 3 is 2.81 bits per heavy atom. The van der Waals surface area contributed by atoms with E-state index < -0.39 is 5.82 Å². The fraction of sp³-hybridized carbons (Fsp3) is 0.125. The lowest BCUT2D eigenvalue weighted by molar-refractivity contribution is 0.286. The maximum Gasteiger partial charge on any atom is 0.258 e. The molecule has 0 aliphatic rings. The molecule has 0 aliphatic heterocycles. The summed E-state index contributed by atoms with van der Waals surface area (Å²) in [7, 11) is 0. The van der Waals surface area contributed by atoms with E-state index in [1.807, 2.05) is 19.1 Å². The van der Waals surface area contributed by atoms with E-state index in [1.165, 1.54) is 22.6 Å². The third-order valence-electron chi connectivity index (χ3n) is 3.15. The molecule has 0 atom stereocenters. The Morgan fingerprint density at radius 1 is 1.19 bits per heavy atom. The Labute approximate surface area is 120 Å². The first-order valence-corrected chi connectivity index (χ1v) is 6.51. The number of hydrogen-bond donors (Lipinski definition) is 0. The summed E-state index contributed by atoms with van der Waals surface area (Å²) in [5.41, 5.74) is 1.65. The predicted octanol–water partition coefficient (Wildman–Crippen LogP) is 2.72. The van der Waals surface area contributed by atoms with Crippen molar-refractivity contribution in [3.8, 4) is 5.75 Å². The second-order valence-corrected chi connectivity index (χ2v) is 4.67. The van der Waals surface area contributed by atoms with E-state index in [-0.39, 0.29) is 17.9 Å². The van der Waals surface area contributed by atoms with E-state index in [2.05, 4.69) is 4.98 Å². The fourth-order valence-corrected chi connectivity index (χ4v) is 2.15. The van der Waals surface area contributed by atoms with Crippen LogP contribution in [-0.2, 0) is 6.61 Å². The van der Waals surface area contributed by atoms with Gasteiger partial charge in [0.05, 0.1) is 5.69 Å². The molecule has 0 unspecified atom stereocenters. The smallest absolute Gasteiger partial charge is 0.258 e. The standard InChI is InChI=1S/C16H13FN2O2/c1-11-5-4-8-15-18-12(9-16(20)19(11)15)10-21-14-7-3-2-6-13(14)17/h2-9H,10H2,1H3. The molecule has 0 saturated carbocycles. The predicted molar refractivity (Wildman–Crippen MR) is 76.9 cm³/mol. The van der Waals surface area contributed by atoms with Gasteiger partial charge in [-0.15, -0.1) is 0 Å². The van der Waals surface area contributed by atoms with Gasteiger partial charge in [-0.25, -0.2) is 9.37 Å². The molecule has 3 rings (SSSR count). The normalized spacial score (nSPS) is 10.8. The molecule has 3 aromatic rings. The summed E-state index contributed by atoms with van der Waals surface area (Å²) >= 11 is 0. The molecule has 0 spiro atoms. The van der Waals surface area contributed by atoms with Gasteiger partial charge in [0.2, 0.25) is 0 Å². The highest BCUT2D eigenvalue weighted by atomic mass is 19.1. The van der Waals surface area contributed by atoms with Gasteiger partial charge in [-0.1, -0.05) is 18.2 Å². The van der Waals surface area contributed by atoms with Crippen molar-refractivity contribution in [3.05, 3.63) is 76.1 Å². The summed E-state index contributed by atoms with van der Waals surface area (Å²) in [6.07, 6.45) is 0. The van der Waals surface area contributed by atoms with Gasteiger partial charge in [-0.05, 0) is 31.2 Å². The minimum atomic E-state index is -0.439. The highest BCUT2D eigenvalue weighted by Crippen LogP contribution is 2.16. The molecule has 0 saturated heterocycles. The van der Waals surface area contributed by atoms with Crippen molar-refractivity contribution < 1.29 is 9.13 Å². The SMILES string of the molecule is Cc1cccc2nc(COc3ccccc3F)cc(=O)n12. The molecular formula is C16H13FN2O2. The Bertz CT molecular complexity index is 858. The number of halogens is 1. The van der Waals surface area contributed by atoms with E-state index in [1.54, 1.807) is 18.2 Å². The quantitative estimate of drug-likeness (QED) is 0.742. The number of aromatic nitrogens is 2. The molecule has 2 heterocycles. The van der Waals surface area contributed by atoms with Gasteiger partial charge in [0.25, 0.3) is 5.56 Å². The van der Waals surface area contributed by atoms with Crippen LogP contribution in [0.15, 0.2) is 53.3 Å². The van der Waals surface area contributed by atoms with E-state index in [0.29, 0.717) is 11.3 Å². The molecule has 0 radical (unpaired) electrons. The number of benzene rings is 1. The lowest BCUT2D eigenvalue weighted by atomic mass is 10.3. The van der Waals surface area contributed by atoms with Crippen LogP contribution in [0, 0.1) is 12.7 Å². The Kier molecular flexibility index (Phi) is 3.39. The molecule has 1 aromatic carbocycles. The van der Waals surface area contributed by atoms with Gasteiger partial charge in [0.15, 0.2) is 11.6 Å². The highest BCUT2D eigenvalue weighted by Gasteiger charge is 2.06. The second kappa shape index (κ2) is 5.36. The summed E-state index contributed by atoms with van der Waals surface area (Å²) in [5.74, 6) is -0.297. The lowest BCUT2D eigenvalue weighted by Gasteiger charge is -2.08. The van der Waals surface area contributed by atoms with Gasteiger partial charge < -0.3 is 4.74 Å². The third-order valence-corrected chi connectivity index (χ3v) is 3.15. The van der Waals surface area contributed by atoms with Crippen LogP contribution in [0.3, 0.4) is 0 Å². The summed E-state index contributed by atoms with van der Waals surface area (Å²) in [6.45, 7) is 1.88. The average molecular weight is 284 g/mol. The number of hydrogen-bond acceptors (Lipinski definition) is 3. The maximum absolute atomic E-state index is 13.5. The molecule has 5 heteroatoms. The number of rotatable bonds is 3. The first kappa shape index (κ1) is 13.3. The zero-order chi connectivity index (χ0) is 14.8. The molecule has 0 N–H and O–H groups in total. The fourth-order valence-electron chi connectivity index (χ4n) is 2.15. The van der Waals surface area contributed by atoms with E-state index >= 15 is 0 Å². The van der Waals surface area contributed by atoms with Gasteiger partial charge in [0.1, 0.15) is 12.3 Å². The molecule has 4 nitrogen and oxygen atoms in total. The van der Waals surface area contributed by atoms with Gasteiger partial charge >= 0.3 is 0 Å². The number of fused-ring (bicyclic) bond motifs is 1. The van der Waals surface area contributed by atoms with Crippen molar-refractivity contribution in [2.75, 3.05) is 0 Å². The largest absolute Gasteiger partial charge is 0.484 e. The van der Waals surface area contributed by atoms with Gasteiger partial charge in [0, 0.05) is 11.8 Å². The van der Waals surface area contributed by atoms with Crippen LogP contribution in [-0.4, -0.2) is 9.38 Å². The summed E-state index contributed by atoms with van der Waals surface area (Å²) in [4.78, 5) is 16.4. The molecule has 106 valence electrons. The third kappa shape index (κ3) is 2.63. The maximum atomic E-state index is 13.5. The highest BCUT2D eigenvalue weighted by molar-refractivity contribution is 5.40. The van der Waals surface area contributed by atoms with Crippen LogP contribution >= 0.6 is 0 Å². The molecule has 2 aromatic heterocycles. The summed E-state index contributed by atoms with van der Waals surface area (Å²) in [5, 5.41) is 0. The van der Waals surface area contributed by atoms with Crippen LogP contribution in [0.5, 0.6) is 5.75 Å². The van der Waals surface area contributed by atoms with Crippen molar-refractivity contribution in [2.45, 2.75) is 13.5 Å². The van der Waals surface area contributed by atoms with Gasteiger partial charge in [-0.3, -0.25) is 9.20 Å². The van der Waals surface area contributed by atoms with Crippen LogP contribution in [0.2, 0.25) is 0 Å². The number of nitrogens with zero attached hydrogens (tertiary/aromatic N) is 2. The zero-order valence-electron chi connectivity index (χ0n) is 11.4. The number of aryl methyl sites for hydroxylation is 1. The average Bonchev–Trinajstić information content (AvgIpc) is 2.46. The number of pyridine rings is 1. The topological polar surface area (TPSA) is 43.6 Å². The molecular weight excluding hydrogens is 271 g/mol. The Balaban J connectivity index is 1.92. The summed E-state index contributed by atoms with van der Waals surface area (Å²) < 4.78 is 20.4. The van der Waals surface area contributed by atoms with Crippen LogP contribution in [0.4, 0.5) is 4.39 Å². The van der Waals surface area contributed by atoms with Gasteiger partial charge in [-0.2, -0.15) is 0 Å². The van der Waals surface area contributed by atoms with E-state index in [4.69, 9.17) is 4.74 Å². The zero-order valence-corrected chi connectivity index (χ0v) is 11.4. The van der Waals surface area contributed by atoms with Crippen LogP contribution in [0.25, 0.3) is 5.65 Å². The minimum absolute atomic E-state index is 0.0423. The van der Waals surface area contributed by atoms with E-state index in [9.17, 15) is 9.18 Å². The molecule has 21 heavy (non-hydrogen) atoms. The Hall–Kier alpha value is -2.69. The first-order valence-electron chi connectivity index (χ1n) is 6.51. The Morgan fingerprint density at radius 2 is 2.00 bits per heavy atom. The number of ether oxygens (including phenoxy) is 1. The van der Waals surface area contributed by atoms with Crippen molar-refractivity contribution in [2.24, 2.45) is 0 Å². The second-order valence-electron chi connectivity index (χ2n) is 4.67. The molecule has 0 aliphatic carbocycles. The van der Waals surface area contributed by atoms with E-state index in [0.717, 1.165) is 5.69 Å². The monoisotopic (exact) mass is 284 g/mol. The summed E-state index contributed by atoms with van der Waals surface area (Å²) in [6, 6.07) is 13.0. The van der Waals surface area contributed by atoms with Crippen molar-refractivity contribution in [3.63, 3.8) is 0 Å². The molecule has 0 amide bonds. The minimum Gasteiger partial charge on any atom is -0.484 e. The van der Waals surface area contributed by atoms with Crippen molar-refractivity contribution in [1.82, 2.24) is 9.38 Å². The lowest BCUT2D eigenvalue weighted by Crippen LogP contribution is -2.18. The molecule has 0 bridgehead atoms. The first-order chi connectivity index (χ1) is 10.1. The van der Waals surface area contributed by atoms with Crippen LogP contribution < -0.4 is 10.3 Å².